The average Bonchev–Trinajstić information content (AvgIpc) is 2.06. The second kappa shape index (κ2) is 4.13. The maximum absolute atomic E-state index is 10.3. The van der Waals surface area contributed by atoms with Crippen molar-refractivity contribution in [1.82, 2.24) is 4.98 Å². The van der Waals surface area contributed by atoms with E-state index in [1.54, 1.807) is 24.2 Å². The molecule has 0 unspecified atom stereocenters. The zero-order chi connectivity index (χ0) is 8.10. The van der Waals surface area contributed by atoms with Crippen LogP contribution in [0, 0.1) is 0 Å². The highest BCUT2D eigenvalue weighted by atomic mass is 32.2. The van der Waals surface area contributed by atoms with E-state index >= 15 is 0 Å². The first-order valence-corrected chi connectivity index (χ1v) is 4.33. The van der Waals surface area contributed by atoms with Crippen molar-refractivity contribution in [2.24, 2.45) is 0 Å². The quantitative estimate of drug-likeness (QED) is 0.639. The lowest BCUT2D eigenvalue weighted by molar-refractivity contribution is 0.560. The van der Waals surface area contributed by atoms with Gasteiger partial charge in [0.15, 0.2) is 0 Å². The van der Waals surface area contributed by atoms with Crippen molar-refractivity contribution in [3.63, 3.8) is 0 Å². The van der Waals surface area contributed by atoms with E-state index in [1.807, 2.05) is 19.1 Å². The summed E-state index contributed by atoms with van der Waals surface area (Å²) in [4.78, 5) is 15.1. The Morgan fingerprint density at radius 1 is 1.73 bits per heavy atom. The first kappa shape index (κ1) is 8.27. The molecule has 0 aliphatic heterocycles. The number of rotatable bonds is 3. The van der Waals surface area contributed by atoms with Crippen LogP contribution < -0.4 is 0 Å². The third-order valence-electron chi connectivity index (χ3n) is 1.17. The summed E-state index contributed by atoms with van der Waals surface area (Å²) in [6.45, 7) is 2.03. The van der Waals surface area contributed by atoms with Crippen LogP contribution in [0.1, 0.15) is 12.6 Å². The minimum Gasteiger partial charge on any atom is -0.283 e. The van der Waals surface area contributed by atoms with Crippen molar-refractivity contribution in [1.29, 1.82) is 0 Å². The Hall–Kier alpha value is -0.830. The predicted molar refractivity (Wildman–Crippen MR) is 45.4 cm³/mol. The van der Waals surface area contributed by atoms with Gasteiger partial charge >= 0.3 is 0 Å². The molecule has 0 fully saturated rings. The van der Waals surface area contributed by atoms with Gasteiger partial charge in [0.05, 0.1) is 0 Å². The van der Waals surface area contributed by atoms with Gasteiger partial charge in [-0.3, -0.25) is 9.78 Å². The van der Waals surface area contributed by atoms with Gasteiger partial charge in [-0.2, -0.15) is 0 Å². The second-order valence-corrected chi connectivity index (χ2v) is 3.19. The second-order valence-electron chi connectivity index (χ2n) is 1.89. The third kappa shape index (κ3) is 2.05. The van der Waals surface area contributed by atoms with Gasteiger partial charge < -0.3 is 0 Å². The van der Waals surface area contributed by atoms with E-state index < -0.39 is 0 Å². The average molecular weight is 166 g/mol. The molecule has 0 aliphatic carbocycles. The normalized spacial score (nSPS) is 9.55. The molecule has 1 rings (SSSR count). The zero-order valence-electron chi connectivity index (χ0n) is 6.20. The molecule has 0 N–H and O–H groups in total. The van der Waals surface area contributed by atoms with Crippen LogP contribution in [0.2, 0.25) is 0 Å². The molecule has 0 atom stereocenters. The number of thioether (sulfide) groups is 1. The summed E-state index contributed by atoms with van der Waals surface area (Å²) >= 11 is 1.60. The van der Waals surface area contributed by atoms with E-state index in [0.29, 0.717) is 5.69 Å². The topological polar surface area (TPSA) is 30.0 Å². The van der Waals surface area contributed by atoms with Crippen LogP contribution >= 0.6 is 11.8 Å². The van der Waals surface area contributed by atoms with Crippen molar-refractivity contribution >= 4 is 18.0 Å². The minimum absolute atomic E-state index is 0.416. The monoisotopic (exact) mass is 166 g/mol. The van der Waals surface area contributed by atoms with E-state index in [0.717, 1.165) is 10.6 Å². The molecule has 0 aliphatic rings. The fourth-order valence-electron chi connectivity index (χ4n) is 0.739. The molecule has 1 aromatic heterocycles. The summed E-state index contributed by atoms with van der Waals surface area (Å²) < 4.78 is 0. The molecule has 3 heteroatoms. The SMILES string of the molecule is CCSc1cccnc1[C]=O. The van der Waals surface area contributed by atoms with Gasteiger partial charge in [-0.15, -0.1) is 11.8 Å². The van der Waals surface area contributed by atoms with Gasteiger partial charge in [0.1, 0.15) is 5.69 Å². The Morgan fingerprint density at radius 3 is 3.18 bits per heavy atom. The summed E-state index contributed by atoms with van der Waals surface area (Å²) in [5.74, 6) is 0.945. The van der Waals surface area contributed by atoms with Crippen LogP contribution in [0.3, 0.4) is 0 Å². The molecule has 0 bridgehead atoms. The van der Waals surface area contributed by atoms with Crippen molar-refractivity contribution in [3.05, 3.63) is 24.0 Å². The maximum Gasteiger partial charge on any atom is 0.254 e. The number of carbonyl (C=O) groups excluding carboxylic acids is 1. The Morgan fingerprint density at radius 2 is 2.55 bits per heavy atom. The minimum atomic E-state index is 0.416. The Bertz CT molecular complexity index is 250. The molecule has 0 saturated heterocycles. The summed E-state index contributed by atoms with van der Waals surface area (Å²) in [6, 6.07) is 3.69. The molecular weight excluding hydrogens is 158 g/mol. The van der Waals surface area contributed by atoms with Gasteiger partial charge in [-0.05, 0) is 17.9 Å². The van der Waals surface area contributed by atoms with Gasteiger partial charge in [0, 0.05) is 11.1 Å². The predicted octanol–water partition coefficient (Wildman–Crippen LogP) is 1.65. The van der Waals surface area contributed by atoms with Crippen LogP contribution in [0.25, 0.3) is 0 Å². The third-order valence-corrected chi connectivity index (χ3v) is 2.10. The molecule has 1 heterocycles. The highest BCUT2D eigenvalue weighted by molar-refractivity contribution is 7.99. The lowest BCUT2D eigenvalue weighted by Crippen LogP contribution is -1.89. The van der Waals surface area contributed by atoms with E-state index in [2.05, 4.69) is 4.98 Å². The Kier molecular flexibility index (Phi) is 3.11. The summed E-state index contributed by atoms with van der Waals surface area (Å²) in [5, 5.41) is 0. The van der Waals surface area contributed by atoms with Gasteiger partial charge in [0.2, 0.25) is 0 Å². The highest BCUT2D eigenvalue weighted by Crippen LogP contribution is 2.18. The first-order chi connectivity index (χ1) is 5.38. The van der Waals surface area contributed by atoms with E-state index in [1.165, 1.54) is 0 Å². The van der Waals surface area contributed by atoms with Crippen molar-refractivity contribution < 1.29 is 4.79 Å². The molecular formula is C8H8NOS. The van der Waals surface area contributed by atoms with Crippen molar-refractivity contribution in [3.8, 4) is 0 Å². The fraction of sp³-hybridized carbons (Fsp3) is 0.250. The molecule has 1 aromatic rings. The number of pyridine rings is 1. The molecule has 2 nitrogen and oxygen atoms in total. The Balaban J connectivity index is 2.92. The molecule has 57 valence electrons. The lowest BCUT2D eigenvalue weighted by atomic mass is 10.4. The van der Waals surface area contributed by atoms with Gasteiger partial charge in [-0.1, -0.05) is 6.92 Å². The summed E-state index contributed by atoms with van der Waals surface area (Å²) in [6.07, 6.45) is 3.40. The van der Waals surface area contributed by atoms with Crippen LogP contribution in [0.15, 0.2) is 23.2 Å². The van der Waals surface area contributed by atoms with E-state index in [4.69, 9.17) is 0 Å². The highest BCUT2D eigenvalue weighted by Gasteiger charge is 2.00. The molecule has 0 spiro atoms. The van der Waals surface area contributed by atoms with E-state index in [-0.39, 0.29) is 0 Å². The first-order valence-electron chi connectivity index (χ1n) is 3.34. The maximum atomic E-state index is 10.3. The van der Waals surface area contributed by atoms with E-state index in [9.17, 15) is 4.79 Å². The number of aromatic nitrogens is 1. The fourth-order valence-corrected chi connectivity index (χ4v) is 1.46. The Labute approximate surface area is 70.0 Å². The van der Waals surface area contributed by atoms with Crippen LogP contribution in [0.5, 0.6) is 0 Å². The van der Waals surface area contributed by atoms with Gasteiger partial charge in [-0.25, -0.2) is 0 Å². The molecule has 11 heavy (non-hydrogen) atoms. The molecule has 0 saturated carbocycles. The van der Waals surface area contributed by atoms with Crippen molar-refractivity contribution in [2.45, 2.75) is 11.8 Å². The summed E-state index contributed by atoms with van der Waals surface area (Å²) in [7, 11) is 0. The lowest BCUT2D eigenvalue weighted by Gasteiger charge is -1.98. The van der Waals surface area contributed by atoms with Crippen LogP contribution in [-0.2, 0) is 4.79 Å². The van der Waals surface area contributed by atoms with Crippen LogP contribution in [-0.4, -0.2) is 17.0 Å². The molecule has 1 radical (unpaired) electrons. The molecule has 0 aromatic carbocycles. The number of hydrogen-bond acceptors (Lipinski definition) is 3. The van der Waals surface area contributed by atoms with Crippen LogP contribution in [0.4, 0.5) is 0 Å². The van der Waals surface area contributed by atoms with Crippen molar-refractivity contribution in [2.75, 3.05) is 5.75 Å². The van der Waals surface area contributed by atoms with Gasteiger partial charge in [0.25, 0.3) is 6.29 Å². The summed E-state index contributed by atoms with van der Waals surface area (Å²) in [5.41, 5.74) is 0.416. The smallest absolute Gasteiger partial charge is 0.254 e. The molecule has 0 amide bonds. The number of nitrogens with zero attached hydrogens (tertiary/aromatic N) is 1. The zero-order valence-corrected chi connectivity index (χ0v) is 7.02. The standard InChI is InChI=1S/C8H8NOS/c1-2-11-8-4-3-5-9-7(8)6-10/h3-5H,2H2,1H3. The largest absolute Gasteiger partial charge is 0.283 e. The number of hydrogen-bond donors (Lipinski definition) is 0.